The van der Waals surface area contributed by atoms with Gasteiger partial charge in [-0.3, -0.25) is 4.79 Å². The van der Waals surface area contributed by atoms with Crippen LogP contribution in [0.2, 0.25) is 0 Å². The molecule has 0 unspecified atom stereocenters. The summed E-state index contributed by atoms with van der Waals surface area (Å²) in [4.78, 5) is 11.5. The summed E-state index contributed by atoms with van der Waals surface area (Å²) in [7, 11) is 0. The normalized spacial score (nSPS) is 11.0. The van der Waals surface area contributed by atoms with E-state index in [1.165, 1.54) is 22.8 Å². The third-order valence-electron chi connectivity index (χ3n) is 4.45. The largest absolute Gasteiger partial charge is 0.352 e. The third-order valence-corrected chi connectivity index (χ3v) is 5.99. The average molecular weight is 374 g/mol. The maximum absolute atomic E-state index is 11.5. The van der Waals surface area contributed by atoms with Crippen LogP contribution in [0.3, 0.4) is 0 Å². The SMILES string of the molecule is C=CC(=O)NCCSC(c1ccccc1)(c1ccccc1)c1ccccc1. The van der Waals surface area contributed by atoms with Crippen LogP contribution in [0.5, 0.6) is 0 Å². The molecule has 0 spiro atoms. The first-order chi connectivity index (χ1) is 13.3. The molecule has 3 heteroatoms. The molecule has 0 heterocycles. The summed E-state index contributed by atoms with van der Waals surface area (Å²) in [5.41, 5.74) is 3.67. The highest BCUT2D eigenvalue weighted by Crippen LogP contribution is 2.48. The van der Waals surface area contributed by atoms with Gasteiger partial charge in [-0.15, -0.1) is 11.8 Å². The van der Waals surface area contributed by atoms with E-state index in [9.17, 15) is 4.79 Å². The molecule has 136 valence electrons. The summed E-state index contributed by atoms with van der Waals surface area (Å²) in [6, 6.07) is 31.7. The molecule has 1 amide bonds. The van der Waals surface area contributed by atoms with Crippen LogP contribution in [0.4, 0.5) is 0 Å². The number of benzene rings is 3. The van der Waals surface area contributed by atoms with Crippen molar-refractivity contribution in [3.63, 3.8) is 0 Å². The van der Waals surface area contributed by atoms with E-state index < -0.39 is 0 Å². The topological polar surface area (TPSA) is 29.1 Å². The predicted molar refractivity (Wildman–Crippen MR) is 115 cm³/mol. The Morgan fingerprint density at radius 1 is 0.815 bits per heavy atom. The standard InChI is InChI=1S/C24H23NOS/c1-2-23(26)25-18-19-27-24(20-12-6-3-7-13-20,21-14-8-4-9-15-21)22-16-10-5-11-17-22/h2-17H,1,18-19H2,(H,25,26). The molecular formula is C24H23NOS. The monoisotopic (exact) mass is 373 g/mol. The van der Waals surface area contributed by atoms with Crippen LogP contribution in [0, 0.1) is 0 Å². The van der Waals surface area contributed by atoms with Crippen molar-refractivity contribution in [2.75, 3.05) is 12.3 Å². The number of rotatable bonds is 8. The van der Waals surface area contributed by atoms with Gasteiger partial charge in [-0.05, 0) is 22.8 Å². The number of carbonyl (C=O) groups excluding carboxylic acids is 1. The van der Waals surface area contributed by atoms with Crippen molar-refractivity contribution in [1.29, 1.82) is 0 Å². The highest BCUT2D eigenvalue weighted by Gasteiger charge is 2.36. The number of carbonyl (C=O) groups is 1. The Morgan fingerprint density at radius 2 is 1.22 bits per heavy atom. The number of nitrogens with one attached hydrogen (secondary N) is 1. The lowest BCUT2D eigenvalue weighted by Gasteiger charge is -2.35. The van der Waals surface area contributed by atoms with Crippen molar-refractivity contribution in [3.05, 3.63) is 120 Å². The van der Waals surface area contributed by atoms with Gasteiger partial charge < -0.3 is 5.32 Å². The Morgan fingerprint density at radius 3 is 1.59 bits per heavy atom. The van der Waals surface area contributed by atoms with E-state index in [4.69, 9.17) is 0 Å². The maximum atomic E-state index is 11.5. The zero-order valence-electron chi connectivity index (χ0n) is 15.2. The second-order valence-corrected chi connectivity index (χ2v) is 7.43. The van der Waals surface area contributed by atoms with E-state index in [-0.39, 0.29) is 10.7 Å². The Labute approximate surface area is 165 Å². The highest BCUT2D eigenvalue weighted by molar-refractivity contribution is 8.00. The van der Waals surface area contributed by atoms with E-state index in [0.29, 0.717) is 6.54 Å². The Kier molecular flexibility index (Phi) is 6.50. The zero-order chi connectivity index (χ0) is 19.0. The van der Waals surface area contributed by atoms with Gasteiger partial charge >= 0.3 is 0 Å². The van der Waals surface area contributed by atoms with E-state index >= 15 is 0 Å². The molecular weight excluding hydrogens is 350 g/mol. The summed E-state index contributed by atoms with van der Waals surface area (Å²) in [5, 5.41) is 2.88. The fourth-order valence-corrected chi connectivity index (χ4v) is 4.64. The minimum atomic E-state index is -0.345. The first-order valence-corrected chi connectivity index (χ1v) is 9.97. The fourth-order valence-electron chi connectivity index (χ4n) is 3.22. The lowest BCUT2D eigenvalue weighted by molar-refractivity contribution is -0.116. The van der Waals surface area contributed by atoms with Gasteiger partial charge in [0.2, 0.25) is 5.91 Å². The second-order valence-electron chi connectivity index (χ2n) is 6.12. The van der Waals surface area contributed by atoms with Gasteiger partial charge in [0.05, 0.1) is 4.75 Å². The van der Waals surface area contributed by atoms with E-state index in [1.807, 2.05) is 30.0 Å². The lowest BCUT2D eigenvalue weighted by Crippen LogP contribution is -2.29. The summed E-state index contributed by atoms with van der Waals surface area (Å²) in [6.07, 6.45) is 1.31. The minimum Gasteiger partial charge on any atom is -0.352 e. The summed E-state index contributed by atoms with van der Waals surface area (Å²) in [6.45, 7) is 4.10. The Hall–Kier alpha value is -2.78. The molecule has 0 bridgehead atoms. The van der Waals surface area contributed by atoms with Gasteiger partial charge in [0.1, 0.15) is 0 Å². The molecule has 0 radical (unpaired) electrons. The Balaban J connectivity index is 2.05. The number of amides is 1. The van der Waals surface area contributed by atoms with E-state index in [2.05, 4.69) is 84.7 Å². The van der Waals surface area contributed by atoms with Gasteiger partial charge in [-0.2, -0.15) is 0 Å². The lowest BCUT2D eigenvalue weighted by atomic mass is 9.84. The summed E-state index contributed by atoms with van der Waals surface area (Å²) >= 11 is 1.83. The quantitative estimate of drug-likeness (QED) is 0.341. The van der Waals surface area contributed by atoms with E-state index in [1.54, 1.807) is 0 Å². The summed E-state index contributed by atoms with van der Waals surface area (Å²) < 4.78 is -0.345. The molecule has 0 atom stereocenters. The van der Waals surface area contributed by atoms with Crippen molar-refractivity contribution >= 4 is 17.7 Å². The Bertz CT molecular complexity index is 766. The van der Waals surface area contributed by atoms with Crippen molar-refractivity contribution in [3.8, 4) is 0 Å². The number of hydrogen-bond donors (Lipinski definition) is 1. The van der Waals surface area contributed by atoms with Crippen LogP contribution in [-0.2, 0) is 9.54 Å². The van der Waals surface area contributed by atoms with Crippen molar-refractivity contribution in [2.45, 2.75) is 4.75 Å². The van der Waals surface area contributed by atoms with Gasteiger partial charge in [-0.1, -0.05) is 97.6 Å². The maximum Gasteiger partial charge on any atom is 0.243 e. The van der Waals surface area contributed by atoms with Gasteiger partial charge in [0.25, 0.3) is 0 Å². The molecule has 3 rings (SSSR count). The third kappa shape index (κ3) is 4.32. The van der Waals surface area contributed by atoms with Crippen molar-refractivity contribution < 1.29 is 4.79 Å². The first-order valence-electron chi connectivity index (χ1n) is 8.98. The van der Waals surface area contributed by atoms with Crippen LogP contribution in [0.1, 0.15) is 16.7 Å². The summed E-state index contributed by atoms with van der Waals surface area (Å²) in [5.74, 6) is 0.637. The van der Waals surface area contributed by atoms with Crippen molar-refractivity contribution in [1.82, 2.24) is 5.32 Å². The molecule has 0 aliphatic carbocycles. The van der Waals surface area contributed by atoms with Gasteiger partial charge in [0.15, 0.2) is 0 Å². The van der Waals surface area contributed by atoms with Crippen LogP contribution in [0.15, 0.2) is 104 Å². The molecule has 3 aromatic rings. The molecule has 3 aromatic carbocycles. The van der Waals surface area contributed by atoms with E-state index in [0.717, 1.165) is 5.75 Å². The van der Waals surface area contributed by atoms with Crippen LogP contribution in [0.25, 0.3) is 0 Å². The van der Waals surface area contributed by atoms with Gasteiger partial charge in [0, 0.05) is 12.3 Å². The van der Waals surface area contributed by atoms with Crippen LogP contribution in [-0.4, -0.2) is 18.2 Å². The highest BCUT2D eigenvalue weighted by atomic mass is 32.2. The molecule has 27 heavy (non-hydrogen) atoms. The smallest absolute Gasteiger partial charge is 0.243 e. The average Bonchev–Trinajstić information content (AvgIpc) is 2.75. The molecule has 0 saturated heterocycles. The van der Waals surface area contributed by atoms with Gasteiger partial charge in [-0.25, -0.2) is 0 Å². The molecule has 0 saturated carbocycles. The predicted octanol–water partition coefficient (Wildman–Crippen LogP) is 5.01. The molecule has 2 nitrogen and oxygen atoms in total. The molecule has 0 aromatic heterocycles. The minimum absolute atomic E-state index is 0.139. The molecule has 1 N–H and O–H groups in total. The molecule has 0 fully saturated rings. The number of hydrogen-bond acceptors (Lipinski definition) is 2. The van der Waals surface area contributed by atoms with Crippen LogP contribution >= 0.6 is 11.8 Å². The second kappa shape index (κ2) is 9.24. The molecule has 0 aliphatic heterocycles. The van der Waals surface area contributed by atoms with Crippen molar-refractivity contribution in [2.24, 2.45) is 0 Å². The number of thioether (sulfide) groups is 1. The van der Waals surface area contributed by atoms with Crippen LogP contribution < -0.4 is 5.32 Å². The molecule has 0 aliphatic rings. The zero-order valence-corrected chi connectivity index (χ0v) is 16.0. The first kappa shape index (κ1) is 19.0. The fraction of sp³-hybridized carbons (Fsp3) is 0.125.